The van der Waals surface area contributed by atoms with Crippen LogP contribution in [0.2, 0.25) is 5.21 Å². The second-order valence-corrected chi connectivity index (χ2v) is 13.5. The molecule has 2 heterocycles. The maximum absolute atomic E-state index is 13.3. The van der Waals surface area contributed by atoms with E-state index in [9.17, 15) is 9.59 Å². The van der Waals surface area contributed by atoms with E-state index in [0.717, 1.165) is 60.9 Å². The van der Waals surface area contributed by atoms with Gasteiger partial charge < -0.3 is 0 Å². The van der Waals surface area contributed by atoms with Crippen LogP contribution in [0.15, 0.2) is 54.7 Å². The molecule has 1 aromatic heterocycles. The molecule has 10 heteroatoms. The number of amides is 1. The van der Waals surface area contributed by atoms with Crippen molar-refractivity contribution in [2.45, 2.75) is 70.3 Å². The van der Waals surface area contributed by atoms with Gasteiger partial charge in [-0.3, -0.25) is 0 Å². The number of rotatable bonds is 14. The van der Waals surface area contributed by atoms with Crippen LogP contribution in [0.4, 0.5) is 16.4 Å². The van der Waals surface area contributed by atoms with Gasteiger partial charge >= 0.3 is 256 Å². The number of alkyl carbamates (subject to hydrolysis) is 1. The second-order valence-electron chi connectivity index (χ2n) is 11.1. The number of fused-ring (bicyclic) bond motifs is 1. The molecule has 1 N–H and O–H groups in total. The van der Waals surface area contributed by atoms with Gasteiger partial charge in [-0.2, -0.15) is 0 Å². The minimum absolute atomic E-state index is 0.0657. The zero-order valence-electron chi connectivity index (χ0n) is 24.9. The summed E-state index contributed by atoms with van der Waals surface area (Å²) in [6, 6.07) is 15.9. The van der Waals surface area contributed by atoms with Crippen molar-refractivity contribution in [1.82, 2.24) is 15.3 Å². The molecule has 0 unspecified atom stereocenters. The number of hydrogen-bond donors (Lipinski definition) is 1. The summed E-state index contributed by atoms with van der Waals surface area (Å²) in [6.07, 6.45) is 5.99. The third-order valence-corrected chi connectivity index (χ3v) is 8.88. The van der Waals surface area contributed by atoms with Crippen LogP contribution in [-0.2, 0) is 17.8 Å². The van der Waals surface area contributed by atoms with Crippen molar-refractivity contribution in [2.75, 3.05) is 25.1 Å². The topological polar surface area (TPSA) is 103 Å². The predicted octanol–water partition coefficient (Wildman–Crippen LogP) is 6.11. The average Bonchev–Trinajstić information content (AvgIpc) is 3.41. The van der Waals surface area contributed by atoms with Crippen LogP contribution in [-0.4, -0.2) is 62.2 Å². The molecule has 9 nitrogen and oxygen atoms in total. The maximum atomic E-state index is 13.3. The van der Waals surface area contributed by atoms with Gasteiger partial charge in [0.2, 0.25) is 0 Å². The second kappa shape index (κ2) is 15.1. The van der Waals surface area contributed by atoms with Gasteiger partial charge in [0.1, 0.15) is 0 Å². The number of methoxy groups -OCH3 is 1. The van der Waals surface area contributed by atoms with Gasteiger partial charge in [-0.15, -0.1) is 0 Å². The Morgan fingerprint density at radius 2 is 1.79 bits per heavy atom. The zero-order chi connectivity index (χ0) is 30.0. The van der Waals surface area contributed by atoms with Crippen molar-refractivity contribution in [2.24, 2.45) is 0 Å². The summed E-state index contributed by atoms with van der Waals surface area (Å²) in [6.45, 7) is 7.19. The Morgan fingerprint density at radius 3 is 2.55 bits per heavy atom. The first-order valence-corrected chi connectivity index (χ1v) is 16.7. The van der Waals surface area contributed by atoms with Crippen LogP contribution >= 0.6 is 0 Å². The van der Waals surface area contributed by atoms with Crippen LogP contribution in [0, 0.1) is 0 Å². The van der Waals surface area contributed by atoms with Gasteiger partial charge in [0.15, 0.2) is 0 Å². The van der Waals surface area contributed by atoms with Gasteiger partial charge in [0.05, 0.1) is 0 Å². The Morgan fingerprint density at radius 1 is 1.02 bits per heavy atom. The van der Waals surface area contributed by atoms with Crippen molar-refractivity contribution < 1.29 is 23.8 Å². The van der Waals surface area contributed by atoms with E-state index in [0.29, 0.717) is 23.9 Å². The summed E-state index contributed by atoms with van der Waals surface area (Å²) in [4.78, 5) is 36.5. The van der Waals surface area contributed by atoms with Crippen LogP contribution in [0.25, 0.3) is 0 Å². The van der Waals surface area contributed by atoms with Crippen LogP contribution < -0.4 is 19.7 Å². The van der Waals surface area contributed by atoms with Crippen molar-refractivity contribution in [3.63, 3.8) is 0 Å². The van der Waals surface area contributed by atoms with E-state index in [4.69, 9.17) is 19.2 Å². The minimum atomic E-state index is -0.574. The Balaban J connectivity index is 1.33. The molecule has 1 radical (unpaired) electrons. The number of anilines is 2. The third kappa shape index (κ3) is 9.21. The molecule has 0 bridgehead atoms. The van der Waals surface area contributed by atoms with Crippen molar-refractivity contribution in [3.8, 4) is 11.6 Å². The Hall–Kier alpha value is -3.58. The number of aromatic nitrogens is 2. The monoisotopic (exact) mass is 635 g/mol. The first-order chi connectivity index (χ1) is 20.2. The number of carbonyl (C=O) groups excluding carboxylic acids is 2. The summed E-state index contributed by atoms with van der Waals surface area (Å²) in [5, 5.41) is 3.64. The molecule has 3 aromatic rings. The van der Waals surface area contributed by atoms with E-state index in [-0.39, 0.29) is 17.3 Å². The Bertz CT molecular complexity index is 1340. The fourth-order valence-electron chi connectivity index (χ4n) is 4.52. The van der Waals surface area contributed by atoms with Crippen LogP contribution in [0.1, 0.15) is 67.9 Å². The summed E-state index contributed by atoms with van der Waals surface area (Å²) in [5.41, 5.74) is 3.25. The summed E-state index contributed by atoms with van der Waals surface area (Å²) in [5.74, 6) is 1.64. The van der Waals surface area contributed by atoms with Gasteiger partial charge in [0, 0.05) is 0 Å². The first kappa shape index (κ1) is 31.4. The van der Waals surface area contributed by atoms with Crippen LogP contribution in [0.3, 0.4) is 0 Å². The standard InChI is InChI=1S/C32H40AsN4O5/c1-32(2,3)42-31(39)34-19-10-6-5-9-18-33-28(38)26-21-35-30(37-20-17-24-11-7-8-12-27(24)37)36-29(26)41-22-23-13-15-25(40-4)16-14-23/h7-8,11-16,21H,5-6,9-10,17-20,22H2,1-4H3,(H,34,39). The van der Waals surface area contributed by atoms with Crippen molar-refractivity contribution in [3.05, 3.63) is 71.4 Å². The third-order valence-electron chi connectivity index (χ3n) is 6.64. The van der Waals surface area contributed by atoms with E-state index >= 15 is 0 Å². The number of para-hydroxylation sites is 1. The molecule has 0 atom stereocenters. The number of benzene rings is 2. The first-order valence-electron chi connectivity index (χ1n) is 14.4. The van der Waals surface area contributed by atoms with E-state index in [2.05, 4.69) is 27.3 Å². The normalized spacial score (nSPS) is 12.8. The predicted molar refractivity (Wildman–Crippen MR) is 164 cm³/mol. The molecule has 4 rings (SSSR count). The molecule has 1 aliphatic rings. The number of unbranched alkanes of at least 4 members (excludes halogenated alkanes) is 3. The number of ether oxygens (including phenoxy) is 3. The fourth-order valence-corrected chi connectivity index (χ4v) is 6.43. The molecular weight excluding hydrogens is 595 g/mol. The van der Waals surface area contributed by atoms with Gasteiger partial charge in [-0.25, -0.2) is 0 Å². The molecule has 1 amide bonds. The van der Waals surface area contributed by atoms with Crippen molar-refractivity contribution >= 4 is 38.1 Å². The summed E-state index contributed by atoms with van der Waals surface area (Å²) in [7, 11) is 1.63. The van der Waals surface area contributed by atoms with Crippen molar-refractivity contribution in [1.29, 1.82) is 0 Å². The number of carbonyl (C=O) groups is 2. The molecule has 223 valence electrons. The van der Waals surface area contributed by atoms with Gasteiger partial charge in [0.25, 0.3) is 0 Å². The Labute approximate surface area is 255 Å². The van der Waals surface area contributed by atoms with Gasteiger partial charge in [-0.05, 0) is 0 Å². The molecular formula is C32H40AsN4O5. The number of nitrogens with zero attached hydrogens (tertiary/aromatic N) is 3. The quantitative estimate of drug-likeness (QED) is 0.167. The van der Waals surface area contributed by atoms with E-state index < -0.39 is 21.4 Å². The molecule has 0 spiro atoms. The average molecular weight is 636 g/mol. The van der Waals surface area contributed by atoms with E-state index in [1.54, 1.807) is 13.3 Å². The molecule has 0 fully saturated rings. The molecule has 0 saturated heterocycles. The number of hydrogen-bond acceptors (Lipinski definition) is 8. The van der Waals surface area contributed by atoms with E-state index in [1.807, 2.05) is 57.2 Å². The fraction of sp³-hybridized carbons (Fsp3) is 0.438. The molecule has 0 saturated carbocycles. The van der Waals surface area contributed by atoms with E-state index in [1.165, 1.54) is 5.56 Å². The summed E-state index contributed by atoms with van der Waals surface area (Å²) >= 11 is -0.574. The molecule has 0 aliphatic carbocycles. The van der Waals surface area contributed by atoms with Gasteiger partial charge in [-0.1, -0.05) is 0 Å². The zero-order valence-corrected chi connectivity index (χ0v) is 26.8. The molecule has 1 aliphatic heterocycles. The summed E-state index contributed by atoms with van der Waals surface area (Å²) < 4.78 is 16.7. The molecule has 42 heavy (non-hydrogen) atoms. The molecule has 2 aromatic carbocycles. The van der Waals surface area contributed by atoms with Crippen LogP contribution in [0.5, 0.6) is 11.6 Å². The number of nitrogens with one attached hydrogen (secondary N) is 1. The Kier molecular flexibility index (Phi) is 11.2. The SMILES string of the molecule is COc1ccc(COc2nc(N3CCc4ccccc43)ncc2C(=O)[As]CCCCCCNC(=O)OC(C)(C)C)cc1.